The fraction of sp³-hybridized carbons (Fsp3) is 0.278. The van der Waals surface area contributed by atoms with Crippen molar-refractivity contribution in [1.29, 1.82) is 0 Å². The van der Waals surface area contributed by atoms with Gasteiger partial charge in [0.25, 0.3) is 5.91 Å². The van der Waals surface area contributed by atoms with Crippen LogP contribution in [0.3, 0.4) is 0 Å². The zero-order chi connectivity index (χ0) is 15.6. The molecule has 0 fully saturated rings. The van der Waals surface area contributed by atoms with Crippen LogP contribution in [-0.4, -0.2) is 29.3 Å². The summed E-state index contributed by atoms with van der Waals surface area (Å²) in [7, 11) is 0. The van der Waals surface area contributed by atoms with Crippen molar-refractivity contribution in [2.45, 2.75) is 18.4 Å². The highest BCUT2D eigenvalue weighted by atomic mass is 16.3. The Bertz CT molecular complexity index is 671. The normalized spacial score (nSPS) is 20.3. The van der Waals surface area contributed by atoms with Crippen LogP contribution >= 0.6 is 0 Å². The van der Waals surface area contributed by atoms with Gasteiger partial charge in [-0.2, -0.15) is 0 Å². The number of hydrogen-bond donors (Lipinski definition) is 2. The van der Waals surface area contributed by atoms with Gasteiger partial charge in [0.05, 0.1) is 5.69 Å². The third-order valence-corrected chi connectivity index (χ3v) is 4.18. The van der Waals surface area contributed by atoms with E-state index in [2.05, 4.69) is 0 Å². The lowest BCUT2D eigenvalue weighted by atomic mass is 9.92. The SMILES string of the molecule is O=C1N(CCc2ccccc2)c2ccccc2[C@@]1(O)CCO. The van der Waals surface area contributed by atoms with E-state index in [1.54, 1.807) is 17.0 Å². The molecule has 0 spiro atoms. The summed E-state index contributed by atoms with van der Waals surface area (Å²) in [5.74, 6) is -0.348. The van der Waals surface area contributed by atoms with Gasteiger partial charge in [0, 0.05) is 25.1 Å². The predicted octanol–water partition coefficient (Wildman–Crippen LogP) is 1.85. The Morgan fingerprint density at radius 2 is 1.68 bits per heavy atom. The molecule has 3 rings (SSSR count). The second-order valence-electron chi connectivity index (χ2n) is 5.54. The Kier molecular flexibility index (Phi) is 3.96. The Labute approximate surface area is 129 Å². The largest absolute Gasteiger partial charge is 0.396 e. The molecule has 1 atom stereocenters. The van der Waals surface area contributed by atoms with Gasteiger partial charge in [-0.05, 0) is 18.1 Å². The maximum absolute atomic E-state index is 12.7. The van der Waals surface area contributed by atoms with Gasteiger partial charge in [0.2, 0.25) is 0 Å². The van der Waals surface area contributed by atoms with Crippen LogP contribution in [0.25, 0.3) is 0 Å². The van der Waals surface area contributed by atoms with Gasteiger partial charge in [-0.15, -0.1) is 0 Å². The molecule has 2 N–H and O–H groups in total. The predicted molar refractivity (Wildman–Crippen MR) is 84.5 cm³/mol. The molecule has 0 saturated carbocycles. The first kappa shape index (κ1) is 14.8. The lowest BCUT2D eigenvalue weighted by molar-refractivity contribution is -0.137. The number of aliphatic hydroxyl groups is 2. The van der Waals surface area contributed by atoms with Crippen LogP contribution in [0.4, 0.5) is 5.69 Å². The number of carbonyl (C=O) groups excluding carboxylic acids is 1. The first-order valence-electron chi connectivity index (χ1n) is 7.45. The number of anilines is 1. The van der Waals surface area contributed by atoms with E-state index < -0.39 is 5.60 Å². The summed E-state index contributed by atoms with van der Waals surface area (Å²) in [6.45, 7) is 0.275. The summed E-state index contributed by atoms with van der Waals surface area (Å²) in [5.41, 5.74) is 0.856. The minimum atomic E-state index is -1.61. The lowest BCUT2D eigenvalue weighted by Crippen LogP contribution is -2.41. The number of aliphatic hydroxyl groups excluding tert-OH is 1. The number of benzene rings is 2. The van der Waals surface area contributed by atoms with E-state index in [1.165, 1.54) is 0 Å². The van der Waals surface area contributed by atoms with Gasteiger partial charge >= 0.3 is 0 Å². The number of amides is 1. The highest BCUT2D eigenvalue weighted by molar-refractivity contribution is 6.06. The summed E-state index contributed by atoms with van der Waals surface area (Å²) in [6, 6.07) is 17.2. The van der Waals surface area contributed by atoms with Crippen molar-refractivity contribution in [3.05, 3.63) is 65.7 Å². The smallest absolute Gasteiger partial charge is 0.263 e. The van der Waals surface area contributed by atoms with Crippen LogP contribution in [0, 0.1) is 0 Å². The van der Waals surface area contributed by atoms with Crippen molar-refractivity contribution >= 4 is 11.6 Å². The van der Waals surface area contributed by atoms with Crippen molar-refractivity contribution in [1.82, 2.24) is 0 Å². The van der Waals surface area contributed by atoms with Crippen LogP contribution in [0.5, 0.6) is 0 Å². The molecule has 4 heteroatoms. The molecule has 2 aromatic carbocycles. The Morgan fingerprint density at radius 3 is 2.41 bits per heavy atom. The summed E-state index contributed by atoms with van der Waals surface area (Å²) >= 11 is 0. The zero-order valence-corrected chi connectivity index (χ0v) is 12.3. The van der Waals surface area contributed by atoms with E-state index in [9.17, 15) is 15.0 Å². The van der Waals surface area contributed by atoms with Crippen molar-refractivity contribution in [2.24, 2.45) is 0 Å². The highest BCUT2D eigenvalue weighted by Crippen LogP contribution is 2.42. The average molecular weight is 297 g/mol. The van der Waals surface area contributed by atoms with Crippen LogP contribution in [0.2, 0.25) is 0 Å². The molecule has 1 aliphatic rings. The maximum Gasteiger partial charge on any atom is 0.263 e. The molecule has 2 aromatic rings. The second kappa shape index (κ2) is 5.91. The van der Waals surface area contributed by atoms with Gasteiger partial charge in [-0.3, -0.25) is 4.79 Å². The first-order valence-corrected chi connectivity index (χ1v) is 7.45. The number of hydrogen-bond acceptors (Lipinski definition) is 3. The molecule has 0 aromatic heterocycles. The van der Waals surface area contributed by atoms with Crippen LogP contribution in [-0.2, 0) is 16.8 Å². The quantitative estimate of drug-likeness (QED) is 0.885. The number of para-hydroxylation sites is 1. The molecule has 4 nitrogen and oxygen atoms in total. The molecule has 1 aliphatic heterocycles. The van der Waals surface area contributed by atoms with Gasteiger partial charge in [-0.25, -0.2) is 0 Å². The average Bonchev–Trinajstić information content (AvgIpc) is 2.76. The van der Waals surface area contributed by atoms with E-state index in [1.807, 2.05) is 42.5 Å². The maximum atomic E-state index is 12.7. The van der Waals surface area contributed by atoms with Crippen molar-refractivity contribution in [3.63, 3.8) is 0 Å². The summed E-state index contributed by atoms with van der Waals surface area (Å²) in [5, 5.41) is 19.9. The third kappa shape index (κ3) is 2.40. The topological polar surface area (TPSA) is 60.8 Å². The van der Waals surface area contributed by atoms with Crippen LogP contribution < -0.4 is 4.90 Å². The van der Waals surface area contributed by atoms with Gasteiger partial charge in [0.1, 0.15) is 0 Å². The molecular weight excluding hydrogens is 278 g/mol. The zero-order valence-electron chi connectivity index (χ0n) is 12.3. The molecule has 0 aliphatic carbocycles. The van der Waals surface area contributed by atoms with E-state index in [-0.39, 0.29) is 18.9 Å². The monoisotopic (exact) mass is 297 g/mol. The lowest BCUT2D eigenvalue weighted by Gasteiger charge is -2.22. The molecule has 0 radical (unpaired) electrons. The minimum absolute atomic E-state index is 0.0185. The highest BCUT2D eigenvalue weighted by Gasteiger charge is 2.48. The first-order chi connectivity index (χ1) is 10.7. The molecule has 22 heavy (non-hydrogen) atoms. The van der Waals surface area contributed by atoms with E-state index in [0.717, 1.165) is 17.7 Å². The second-order valence-corrected chi connectivity index (χ2v) is 5.54. The third-order valence-electron chi connectivity index (χ3n) is 4.18. The number of carbonyl (C=O) groups is 1. The van der Waals surface area contributed by atoms with Crippen molar-refractivity contribution in [2.75, 3.05) is 18.1 Å². The van der Waals surface area contributed by atoms with Gasteiger partial charge in [0.15, 0.2) is 5.60 Å². The number of nitrogens with zero attached hydrogens (tertiary/aromatic N) is 1. The Balaban J connectivity index is 1.87. The van der Waals surface area contributed by atoms with E-state index in [4.69, 9.17) is 0 Å². The summed E-state index contributed by atoms with van der Waals surface area (Å²) in [4.78, 5) is 14.3. The summed E-state index contributed by atoms with van der Waals surface area (Å²) in [6.07, 6.45) is 0.737. The molecule has 1 heterocycles. The fourth-order valence-corrected chi connectivity index (χ4v) is 3.02. The molecule has 0 bridgehead atoms. The molecule has 0 saturated heterocycles. The number of rotatable bonds is 5. The fourth-order valence-electron chi connectivity index (χ4n) is 3.02. The molecule has 1 amide bonds. The van der Waals surface area contributed by atoms with E-state index >= 15 is 0 Å². The molecule has 114 valence electrons. The number of fused-ring (bicyclic) bond motifs is 1. The Morgan fingerprint density at radius 1 is 1.00 bits per heavy atom. The Hall–Kier alpha value is -2.17. The van der Waals surface area contributed by atoms with E-state index in [0.29, 0.717) is 12.1 Å². The van der Waals surface area contributed by atoms with Crippen molar-refractivity contribution < 1.29 is 15.0 Å². The van der Waals surface area contributed by atoms with Crippen molar-refractivity contribution in [3.8, 4) is 0 Å². The van der Waals surface area contributed by atoms with Crippen LogP contribution in [0.1, 0.15) is 17.5 Å². The molecular formula is C18H19NO3. The van der Waals surface area contributed by atoms with Crippen LogP contribution in [0.15, 0.2) is 54.6 Å². The van der Waals surface area contributed by atoms with Gasteiger partial charge in [-0.1, -0.05) is 48.5 Å². The summed E-state index contributed by atoms with van der Waals surface area (Å²) < 4.78 is 0. The minimum Gasteiger partial charge on any atom is -0.396 e. The van der Waals surface area contributed by atoms with Gasteiger partial charge < -0.3 is 15.1 Å². The molecule has 0 unspecified atom stereocenters. The standard InChI is InChI=1S/C18H19NO3/c20-13-11-18(22)15-8-4-5-9-16(15)19(17(18)21)12-10-14-6-2-1-3-7-14/h1-9,20,22H,10-13H2/t18-/m0/s1.